The smallest absolute Gasteiger partial charge is 0.335 e. The van der Waals surface area contributed by atoms with Crippen molar-refractivity contribution in [3.05, 3.63) is 36.4 Å². The van der Waals surface area contributed by atoms with Gasteiger partial charge in [0.2, 0.25) is 34.5 Å². The molecule has 0 atom stereocenters. The summed E-state index contributed by atoms with van der Waals surface area (Å²) in [7, 11) is 0. The van der Waals surface area contributed by atoms with Crippen molar-refractivity contribution in [1.82, 2.24) is 0 Å². The first-order chi connectivity index (χ1) is 23.5. The first-order valence-corrected chi connectivity index (χ1v) is 16.7. The van der Waals surface area contributed by atoms with Gasteiger partial charge in [-0.25, -0.2) is 9.59 Å². The fourth-order valence-corrected chi connectivity index (χ4v) is 5.24. The summed E-state index contributed by atoms with van der Waals surface area (Å²) < 4.78 is 61.6. The molecule has 0 aliphatic heterocycles. The van der Waals surface area contributed by atoms with Gasteiger partial charge in [-0.05, 0) is 55.4 Å². The fourth-order valence-electron chi connectivity index (χ4n) is 5.24. The summed E-state index contributed by atoms with van der Waals surface area (Å²) in [4.78, 5) is 25.3. The lowest BCUT2D eigenvalue weighted by Crippen LogP contribution is -2.26. The highest BCUT2D eigenvalue weighted by Crippen LogP contribution is 2.63. The molecule has 0 spiro atoms. The van der Waals surface area contributed by atoms with Gasteiger partial charge < -0.3 is 47.4 Å². The van der Waals surface area contributed by atoms with Gasteiger partial charge in [0, 0.05) is 17.6 Å². The molecule has 0 bridgehead atoms. The summed E-state index contributed by atoms with van der Waals surface area (Å²) >= 11 is 0. The maximum Gasteiger partial charge on any atom is 0.335 e. The van der Waals surface area contributed by atoms with Crippen LogP contribution in [0.25, 0.3) is 0 Å². The van der Waals surface area contributed by atoms with Crippen LogP contribution in [0.4, 0.5) is 0 Å². The molecule has 0 fully saturated rings. The van der Waals surface area contributed by atoms with Crippen molar-refractivity contribution < 1.29 is 57.0 Å². The Hall–Kier alpha value is -4.74. The Kier molecular flexibility index (Phi) is 15.9. The predicted molar refractivity (Wildman–Crippen MR) is 186 cm³/mol. The van der Waals surface area contributed by atoms with Crippen LogP contribution in [-0.4, -0.2) is 64.8 Å². The van der Waals surface area contributed by atoms with Crippen LogP contribution in [0.1, 0.15) is 80.4 Å². The summed E-state index contributed by atoms with van der Waals surface area (Å²) in [5.74, 6) is -0.0897. The summed E-state index contributed by atoms with van der Waals surface area (Å²) in [6.07, 6.45) is 2.08. The largest absolute Gasteiger partial charge is 0.489 e. The normalized spacial score (nSPS) is 10.8. The van der Waals surface area contributed by atoms with Gasteiger partial charge in [-0.2, -0.15) is 0 Å². The van der Waals surface area contributed by atoms with Gasteiger partial charge in [-0.1, -0.05) is 27.0 Å². The minimum Gasteiger partial charge on any atom is -0.489 e. The van der Waals surface area contributed by atoms with E-state index in [4.69, 9.17) is 47.4 Å². The van der Waals surface area contributed by atoms with Crippen molar-refractivity contribution in [3.8, 4) is 57.5 Å². The molecular weight excluding hydrogens is 636 g/mol. The second kappa shape index (κ2) is 19.3. The van der Waals surface area contributed by atoms with E-state index >= 15 is 0 Å². The van der Waals surface area contributed by atoms with E-state index in [9.17, 15) is 9.59 Å². The van der Waals surface area contributed by atoms with Gasteiger partial charge in [-0.15, -0.1) is 0 Å². The summed E-state index contributed by atoms with van der Waals surface area (Å²) in [6, 6.07) is 0. The van der Waals surface area contributed by atoms with Crippen LogP contribution >= 0.6 is 0 Å². The molecule has 0 saturated heterocycles. The third kappa shape index (κ3) is 8.84. The lowest BCUT2D eigenvalue weighted by Gasteiger charge is -2.36. The average Bonchev–Trinajstić information content (AvgIpc) is 3.07. The molecule has 12 heteroatoms. The molecule has 0 radical (unpaired) electrons. The van der Waals surface area contributed by atoms with Crippen molar-refractivity contribution in [2.24, 2.45) is 0 Å². The highest BCUT2D eigenvalue weighted by molar-refractivity contribution is 5.88. The molecule has 0 aliphatic rings. The highest BCUT2D eigenvalue weighted by atomic mass is 16.6. The maximum absolute atomic E-state index is 12.7. The maximum atomic E-state index is 12.7. The third-order valence-corrected chi connectivity index (χ3v) is 6.86. The van der Waals surface area contributed by atoms with Gasteiger partial charge in [0.1, 0.15) is 0 Å². The number of carbonyl (C=O) groups is 2. The van der Waals surface area contributed by atoms with Gasteiger partial charge in [0.05, 0.1) is 64.0 Å². The minimum absolute atomic E-state index is 0.0215. The van der Waals surface area contributed by atoms with E-state index in [0.29, 0.717) is 11.1 Å². The number of rotatable bonds is 22. The second-order valence-corrected chi connectivity index (χ2v) is 10.4. The van der Waals surface area contributed by atoms with E-state index in [0.717, 1.165) is 12.2 Å². The standard InChI is InChI=1S/C37H52O12/c1-13-23(38)48-35-31(44-19-7)27(40-15-3)25(28(41-16-4)32(35)45-20-8)37(11,12)26-29(42-17-5)33(46-21-9)36(49-24(39)14-2)34(47-22-10)30(26)43-18-6/h13-14H,1-2,15-22H2,3-12H3. The van der Waals surface area contributed by atoms with Crippen LogP contribution in [0.2, 0.25) is 0 Å². The fraction of sp³-hybridized carbons (Fsp3) is 0.514. The van der Waals surface area contributed by atoms with Crippen LogP contribution in [0, 0.1) is 0 Å². The molecular formula is C37H52O12. The lowest BCUT2D eigenvalue weighted by atomic mass is 9.75. The Morgan fingerprint density at radius 2 is 0.633 bits per heavy atom. The number of carbonyl (C=O) groups excluding carboxylic acids is 2. The molecule has 49 heavy (non-hydrogen) atoms. The van der Waals surface area contributed by atoms with E-state index in [2.05, 4.69) is 13.2 Å². The van der Waals surface area contributed by atoms with Gasteiger partial charge >= 0.3 is 11.9 Å². The molecule has 0 saturated carbocycles. The number of hydrogen-bond acceptors (Lipinski definition) is 12. The first kappa shape index (κ1) is 40.4. The zero-order chi connectivity index (χ0) is 36.7. The van der Waals surface area contributed by atoms with Crippen molar-refractivity contribution in [3.63, 3.8) is 0 Å². The van der Waals surface area contributed by atoms with E-state index in [1.54, 1.807) is 27.7 Å². The topological polar surface area (TPSA) is 126 Å². The predicted octanol–water partition coefficient (Wildman–Crippen LogP) is 7.38. The van der Waals surface area contributed by atoms with E-state index < -0.39 is 17.4 Å². The lowest BCUT2D eigenvalue weighted by molar-refractivity contribution is -0.130. The summed E-state index contributed by atoms with van der Waals surface area (Å²) in [6.45, 7) is 27.0. The molecule has 0 amide bonds. The quantitative estimate of drug-likeness (QED) is 0.0696. The van der Waals surface area contributed by atoms with Crippen LogP contribution in [0.15, 0.2) is 25.3 Å². The Morgan fingerprint density at radius 1 is 0.429 bits per heavy atom. The Bertz CT molecular complexity index is 1280. The number of esters is 2. The Labute approximate surface area is 290 Å². The monoisotopic (exact) mass is 688 g/mol. The first-order valence-electron chi connectivity index (χ1n) is 16.7. The molecule has 0 aromatic heterocycles. The molecule has 0 heterocycles. The summed E-state index contributed by atoms with van der Waals surface area (Å²) in [5, 5.41) is 0. The van der Waals surface area contributed by atoms with Gasteiger partial charge in [0.25, 0.3) is 0 Å². The third-order valence-electron chi connectivity index (χ3n) is 6.86. The molecule has 12 nitrogen and oxygen atoms in total. The number of ether oxygens (including phenoxy) is 10. The van der Waals surface area contributed by atoms with E-state index in [-0.39, 0.29) is 110 Å². The van der Waals surface area contributed by atoms with E-state index in [1.807, 2.05) is 41.5 Å². The van der Waals surface area contributed by atoms with Crippen molar-refractivity contribution in [2.45, 2.75) is 74.7 Å². The van der Waals surface area contributed by atoms with Crippen LogP contribution in [0.3, 0.4) is 0 Å². The zero-order valence-corrected chi connectivity index (χ0v) is 30.6. The zero-order valence-electron chi connectivity index (χ0n) is 30.6. The SMILES string of the molecule is C=CC(=O)Oc1c(OCC)c(OCC)c(C(C)(C)c2c(OCC)c(OCC)c(OC(=O)C=C)c(OCC)c2OCC)c(OCC)c1OCC. The molecule has 0 N–H and O–H groups in total. The minimum atomic E-state index is -1.18. The molecule has 2 aromatic carbocycles. The second-order valence-electron chi connectivity index (χ2n) is 10.4. The van der Waals surface area contributed by atoms with E-state index in [1.165, 1.54) is 0 Å². The Morgan fingerprint density at radius 3 is 0.816 bits per heavy atom. The molecule has 2 aromatic rings. The van der Waals surface area contributed by atoms with Crippen LogP contribution < -0.4 is 47.4 Å². The van der Waals surface area contributed by atoms with Gasteiger partial charge in [-0.3, -0.25) is 0 Å². The molecule has 2 rings (SSSR count). The average molecular weight is 689 g/mol. The van der Waals surface area contributed by atoms with Crippen molar-refractivity contribution >= 4 is 11.9 Å². The molecule has 272 valence electrons. The van der Waals surface area contributed by atoms with Crippen LogP contribution in [-0.2, 0) is 15.0 Å². The Balaban J connectivity index is 3.46. The molecule has 0 aliphatic carbocycles. The number of benzene rings is 2. The van der Waals surface area contributed by atoms with Crippen LogP contribution in [0.5, 0.6) is 57.5 Å². The molecule has 0 unspecified atom stereocenters. The highest BCUT2D eigenvalue weighted by Gasteiger charge is 2.45. The van der Waals surface area contributed by atoms with Crippen molar-refractivity contribution in [1.29, 1.82) is 0 Å². The van der Waals surface area contributed by atoms with Gasteiger partial charge in [0.15, 0.2) is 23.0 Å². The summed E-state index contributed by atoms with van der Waals surface area (Å²) in [5.41, 5.74) is -0.255. The van der Waals surface area contributed by atoms with Crippen molar-refractivity contribution in [2.75, 3.05) is 52.9 Å². The number of hydrogen-bond donors (Lipinski definition) is 0.